The number of ether oxygens (including phenoxy) is 1. The molecule has 0 unspecified atom stereocenters. The Morgan fingerprint density at radius 2 is 1.67 bits per heavy atom. The summed E-state index contributed by atoms with van der Waals surface area (Å²) in [5.74, 6) is 1.76. The largest absolute Gasteiger partial charge is 0.496 e. The van der Waals surface area contributed by atoms with Crippen molar-refractivity contribution in [2.75, 3.05) is 20.2 Å². The van der Waals surface area contributed by atoms with E-state index in [4.69, 9.17) is 14.7 Å². The Kier molecular flexibility index (Phi) is 5.04. The first-order chi connectivity index (χ1) is 16.3. The van der Waals surface area contributed by atoms with Crippen LogP contribution in [0.15, 0.2) is 79.0 Å². The number of nitrogens with one attached hydrogen (secondary N) is 1. The predicted octanol–water partition coefficient (Wildman–Crippen LogP) is 5.85. The van der Waals surface area contributed by atoms with Crippen molar-refractivity contribution in [3.05, 3.63) is 79.0 Å². The van der Waals surface area contributed by atoms with E-state index in [0.717, 1.165) is 65.4 Å². The molecule has 3 aromatic carbocycles. The van der Waals surface area contributed by atoms with Gasteiger partial charge in [0.15, 0.2) is 5.65 Å². The summed E-state index contributed by atoms with van der Waals surface area (Å²) in [5.41, 5.74) is 5.09. The van der Waals surface area contributed by atoms with Crippen molar-refractivity contribution in [3.8, 4) is 28.3 Å². The van der Waals surface area contributed by atoms with Gasteiger partial charge in [-0.25, -0.2) is 9.97 Å². The molecule has 0 bridgehead atoms. The molecule has 0 radical (unpaired) electrons. The van der Waals surface area contributed by atoms with Gasteiger partial charge in [-0.3, -0.25) is 0 Å². The summed E-state index contributed by atoms with van der Waals surface area (Å²) in [6.45, 7) is 2.01. The number of methoxy groups -OCH3 is 1. The van der Waals surface area contributed by atoms with Crippen LogP contribution in [-0.2, 0) is 0 Å². The lowest BCUT2D eigenvalue weighted by Gasteiger charge is -2.26. The fraction of sp³-hybridized carbons (Fsp3) is 0.214. The standard InChI is InChI=1S/C28H26N4O/c1-33-26-9-5-4-8-24(26)27-31-25-17-22(21-11-10-19-6-2-3-7-20(19)16-21)18-30-28(25)32(27)23-12-14-29-15-13-23/h2-11,16-18,23,29H,12-15H2,1H3. The quantitative estimate of drug-likeness (QED) is 0.385. The molecule has 0 amide bonds. The molecule has 33 heavy (non-hydrogen) atoms. The number of imidazole rings is 1. The van der Waals surface area contributed by atoms with Gasteiger partial charge in [0, 0.05) is 17.8 Å². The van der Waals surface area contributed by atoms with E-state index >= 15 is 0 Å². The van der Waals surface area contributed by atoms with Crippen molar-refractivity contribution in [2.45, 2.75) is 18.9 Å². The summed E-state index contributed by atoms with van der Waals surface area (Å²) in [4.78, 5) is 10.1. The van der Waals surface area contributed by atoms with Gasteiger partial charge in [-0.2, -0.15) is 0 Å². The van der Waals surface area contributed by atoms with E-state index < -0.39 is 0 Å². The molecule has 0 aliphatic carbocycles. The summed E-state index contributed by atoms with van der Waals surface area (Å²) in [6.07, 6.45) is 4.10. The van der Waals surface area contributed by atoms with Crippen molar-refractivity contribution in [3.63, 3.8) is 0 Å². The third kappa shape index (κ3) is 3.55. The summed E-state index contributed by atoms with van der Waals surface area (Å²) in [5, 5.41) is 5.94. The van der Waals surface area contributed by atoms with E-state index in [0.29, 0.717) is 6.04 Å². The maximum Gasteiger partial charge on any atom is 0.160 e. The number of fused-ring (bicyclic) bond motifs is 2. The van der Waals surface area contributed by atoms with Crippen molar-refractivity contribution < 1.29 is 4.74 Å². The van der Waals surface area contributed by atoms with Gasteiger partial charge < -0.3 is 14.6 Å². The molecule has 5 heteroatoms. The second kappa shape index (κ2) is 8.34. The maximum absolute atomic E-state index is 5.69. The second-order valence-corrected chi connectivity index (χ2v) is 8.62. The lowest BCUT2D eigenvalue weighted by Crippen LogP contribution is -2.29. The number of benzene rings is 3. The smallest absolute Gasteiger partial charge is 0.160 e. The van der Waals surface area contributed by atoms with Gasteiger partial charge >= 0.3 is 0 Å². The number of pyridine rings is 1. The lowest BCUT2D eigenvalue weighted by atomic mass is 10.0. The summed E-state index contributed by atoms with van der Waals surface area (Å²) in [6, 6.07) is 25.6. The molecular formula is C28H26N4O. The molecule has 1 N–H and O–H groups in total. The Labute approximate surface area is 193 Å². The van der Waals surface area contributed by atoms with Crippen LogP contribution in [0, 0.1) is 0 Å². The van der Waals surface area contributed by atoms with Crippen molar-refractivity contribution >= 4 is 21.9 Å². The number of aromatic nitrogens is 3. The number of nitrogens with zero attached hydrogens (tertiary/aromatic N) is 3. The van der Waals surface area contributed by atoms with Crippen LogP contribution < -0.4 is 10.1 Å². The number of rotatable bonds is 4. The Bertz CT molecular complexity index is 1450. The van der Waals surface area contributed by atoms with Crippen LogP contribution in [0.1, 0.15) is 18.9 Å². The summed E-state index contributed by atoms with van der Waals surface area (Å²) >= 11 is 0. The van der Waals surface area contributed by atoms with Crippen LogP contribution in [-0.4, -0.2) is 34.7 Å². The third-order valence-corrected chi connectivity index (χ3v) is 6.63. The minimum Gasteiger partial charge on any atom is -0.496 e. The lowest BCUT2D eigenvalue weighted by molar-refractivity contribution is 0.375. The fourth-order valence-electron chi connectivity index (χ4n) is 4.94. The summed E-state index contributed by atoms with van der Waals surface area (Å²) in [7, 11) is 1.71. The Balaban J connectivity index is 1.53. The van der Waals surface area contributed by atoms with Crippen LogP contribution in [0.5, 0.6) is 5.75 Å². The zero-order chi connectivity index (χ0) is 22.2. The van der Waals surface area contributed by atoms with Gasteiger partial charge in [-0.1, -0.05) is 48.5 Å². The highest BCUT2D eigenvalue weighted by Crippen LogP contribution is 2.36. The predicted molar refractivity (Wildman–Crippen MR) is 134 cm³/mol. The second-order valence-electron chi connectivity index (χ2n) is 8.62. The van der Waals surface area contributed by atoms with Gasteiger partial charge in [-0.05, 0) is 66.5 Å². The maximum atomic E-state index is 5.69. The monoisotopic (exact) mass is 434 g/mol. The van der Waals surface area contributed by atoms with E-state index in [1.165, 1.54) is 10.8 Å². The zero-order valence-corrected chi connectivity index (χ0v) is 18.7. The average molecular weight is 435 g/mol. The molecule has 5 aromatic rings. The van der Waals surface area contributed by atoms with Gasteiger partial charge in [0.2, 0.25) is 0 Å². The van der Waals surface area contributed by atoms with E-state index in [9.17, 15) is 0 Å². The molecule has 0 spiro atoms. The topological polar surface area (TPSA) is 52.0 Å². The minimum atomic E-state index is 0.357. The number of piperidine rings is 1. The molecule has 164 valence electrons. The van der Waals surface area contributed by atoms with E-state index in [2.05, 4.69) is 64.5 Å². The minimum absolute atomic E-state index is 0.357. The SMILES string of the molecule is COc1ccccc1-c1nc2cc(-c3ccc4ccccc4c3)cnc2n1C1CCNCC1. The first kappa shape index (κ1) is 19.9. The van der Waals surface area contributed by atoms with Gasteiger partial charge in [-0.15, -0.1) is 0 Å². The van der Waals surface area contributed by atoms with E-state index in [1.807, 2.05) is 24.4 Å². The average Bonchev–Trinajstić information content (AvgIpc) is 3.27. The molecule has 1 saturated heterocycles. The highest BCUT2D eigenvalue weighted by atomic mass is 16.5. The van der Waals surface area contributed by atoms with Gasteiger partial charge in [0.1, 0.15) is 17.1 Å². The van der Waals surface area contributed by atoms with Crippen LogP contribution in [0.4, 0.5) is 0 Å². The number of hydrogen-bond acceptors (Lipinski definition) is 4. The van der Waals surface area contributed by atoms with Crippen molar-refractivity contribution in [1.82, 2.24) is 19.9 Å². The molecule has 1 aliphatic heterocycles. The fourth-order valence-corrected chi connectivity index (χ4v) is 4.94. The van der Waals surface area contributed by atoms with Crippen LogP contribution in [0.2, 0.25) is 0 Å². The number of para-hydroxylation sites is 1. The van der Waals surface area contributed by atoms with Crippen LogP contribution >= 0.6 is 0 Å². The van der Waals surface area contributed by atoms with E-state index in [1.54, 1.807) is 7.11 Å². The first-order valence-corrected chi connectivity index (χ1v) is 11.5. The molecule has 1 fully saturated rings. The summed E-state index contributed by atoms with van der Waals surface area (Å²) < 4.78 is 8.02. The van der Waals surface area contributed by atoms with Crippen LogP contribution in [0.3, 0.4) is 0 Å². The highest BCUT2D eigenvalue weighted by molar-refractivity contribution is 5.89. The molecule has 2 aromatic heterocycles. The molecular weight excluding hydrogens is 408 g/mol. The molecule has 1 aliphatic rings. The first-order valence-electron chi connectivity index (χ1n) is 11.5. The third-order valence-electron chi connectivity index (χ3n) is 6.63. The molecule has 0 saturated carbocycles. The molecule has 0 atom stereocenters. The number of hydrogen-bond donors (Lipinski definition) is 1. The Hall–Kier alpha value is -3.70. The Morgan fingerprint density at radius 1 is 0.879 bits per heavy atom. The zero-order valence-electron chi connectivity index (χ0n) is 18.7. The molecule has 5 nitrogen and oxygen atoms in total. The van der Waals surface area contributed by atoms with E-state index in [-0.39, 0.29) is 0 Å². The highest BCUT2D eigenvalue weighted by Gasteiger charge is 2.24. The normalized spacial score (nSPS) is 14.7. The molecule has 3 heterocycles. The van der Waals surface area contributed by atoms with Crippen molar-refractivity contribution in [2.24, 2.45) is 0 Å². The molecule has 6 rings (SSSR count). The van der Waals surface area contributed by atoms with Crippen molar-refractivity contribution in [1.29, 1.82) is 0 Å². The van der Waals surface area contributed by atoms with Gasteiger partial charge in [0.05, 0.1) is 12.7 Å². The van der Waals surface area contributed by atoms with Crippen LogP contribution in [0.25, 0.3) is 44.5 Å². The van der Waals surface area contributed by atoms with Gasteiger partial charge in [0.25, 0.3) is 0 Å². The Morgan fingerprint density at radius 3 is 2.52 bits per heavy atom.